The maximum absolute atomic E-state index is 14.4. The Labute approximate surface area is 249 Å². The fraction of sp³-hybridized carbons (Fsp3) is 0.333. The summed E-state index contributed by atoms with van der Waals surface area (Å²) >= 11 is 6.39. The minimum Gasteiger partial charge on any atom is -0.497 e. The summed E-state index contributed by atoms with van der Waals surface area (Å²) in [5.41, 5.74) is 0.123. The van der Waals surface area contributed by atoms with Crippen LogP contribution in [0, 0.1) is 0 Å². The quantitative estimate of drug-likeness (QED) is 0.343. The summed E-state index contributed by atoms with van der Waals surface area (Å²) in [4.78, 5) is 32.8. The molecule has 10 nitrogen and oxygen atoms in total. The molecule has 220 valence electrons. The molecule has 0 aliphatic carbocycles. The predicted octanol–water partition coefficient (Wildman–Crippen LogP) is 2.80. The zero-order valence-electron chi connectivity index (χ0n) is 23.1. The third-order valence-electron chi connectivity index (χ3n) is 8.14. The molecular formula is C30H32ClN5O5S. The fourth-order valence-corrected chi connectivity index (χ4v) is 7.56. The van der Waals surface area contributed by atoms with E-state index in [0.717, 1.165) is 36.6 Å². The first-order chi connectivity index (χ1) is 20.3. The van der Waals surface area contributed by atoms with Crippen LogP contribution in [0.15, 0.2) is 82.5 Å². The molecule has 0 saturated carbocycles. The van der Waals surface area contributed by atoms with E-state index >= 15 is 0 Å². The molecule has 2 aliphatic heterocycles. The number of rotatable bonds is 7. The second-order valence-electron chi connectivity index (χ2n) is 10.6. The zero-order valence-corrected chi connectivity index (χ0v) is 24.7. The van der Waals surface area contributed by atoms with E-state index < -0.39 is 21.8 Å². The molecule has 1 N–H and O–H groups in total. The first-order valence-electron chi connectivity index (χ1n) is 13.9. The van der Waals surface area contributed by atoms with E-state index in [1.807, 2.05) is 6.07 Å². The van der Waals surface area contributed by atoms with E-state index in [1.54, 1.807) is 29.2 Å². The smallest absolute Gasteiger partial charge is 0.344 e. The summed E-state index contributed by atoms with van der Waals surface area (Å²) in [5, 5.41) is 3.68. The van der Waals surface area contributed by atoms with Gasteiger partial charge in [0, 0.05) is 50.3 Å². The van der Waals surface area contributed by atoms with Crippen molar-refractivity contribution in [2.75, 3.05) is 46.4 Å². The van der Waals surface area contributed by atoms with E-state index in [2.05, 4.69) is 10.2 Å². The van der Waals surface area contributed by atoms with E-state index in [1.165, 1.54) is 54.1 Å². The Morgan fingerprint density at radius 2 is 1.69 bits per heavy atom. The van der Waals surface area contributed by atoms with Crippen LogP contribution in [-0.4, -0.2) is 85.1 Å². The number of nitrogens with one attached hydrogen (secondary N) is 1. The van der Waals surface area contributed by atoms with E-state index in [4.69, 9.17) is 16.3 Å². The third-order valence-corrected chi connectivity index (χ3v) is 10.1. The number of amides is 1. The van der Waals surface area contributed by atoms with Gasteiger partial charge in [-0.05, 0) is 54.4 Å². The number of hydrogen-bond acceptors (Lipinski definition) is 7. The van der Waals surface area contributed by atoms with Gasteiger partial charge in [-0.2, -0.15) is 3.97 Å². The Hall–Kier alpha value is -3.64. The first kappa shape index (κ1) is 28.5. The number of likely N-dealkylation sites (tertiary alicyclic amines) is 1. The van der Waals surface area contributed by atoms with Crippen molar-refractivity contribution in [2.45, 2.75) is 23.4 Å². The van der Waals surface area contributed by atoms with E-state index in [0.29, 0.717) is 29.4 Å². The highest BCUT2D eigenvalue weighted by molar-refractivity contribution is 7.90. The molecule has 2 aliphatic rings. The van der Waals surface area contributed by atoms with Crippen molar-refractivity contribution in [1.29, 1.82) is 0 Å². The van der Waals surface area contributed by atoms with E-state index in [9.17, 15) is 18.0 Å². The molecule has 1 amide bonds. The molecule has 42 heavy (non-hydrogen) atoms. The van der Waals surface area contributed by atoms with Crippen LogP contribution in [-0.2, 0) is 14.8 Å². The summed E-state index contributed by atoms with van der Waals surface area (Å²) in [7, 11) is -2.87. The van der Waals surface area contributed by atoms with Crippen LogP contribution < -0.4 is 15.7 Å². The standard InChI is InChI=1S/C30H32ClN5O5S/c1-41-24-8-10-25(11-9-24)42(39,40)36-26-12-7-22(31)19-27(26)35(30(36)38)28(21-5-3-2-4-6-21)29(37)34-16-13-23(20-34)33-17-14-32-15-18-33/h2-12,19,23,28,32H,13-18,20H2,1H3. The Morgan fingerprint density at radius 1 is 0.976 bits per heavy atom. The number of imidazole rings is 1. The van der Waals surface area contributed by atoms with Crippen LogP contribution in [0.2, 0.25) is 5.02 Å². The van der Waals surface area contributed by atoms with Gasteiger partial charge >= 0.3 is 5.69 Å². The molecule has 6 rings (SSSR count). The summed E-state index contributed by atoms with van der Waals surface area (Å²) in [6.45, 7) is 4.76. The van der Waals surface area contributed by atoms with Crippen molar-refractivity contribution in [3.05, 3.63) is 93.9 Å². The fourth-order valence-electron chi connectivity index (χ4n) is 6.00. The Bertz CT molecular complexity index is 1770. The highest BCUT2D eigenvalue weighted by atomic mass is 35.5. The van der Waals surface area contributed by atoms with Crippen LogP contribution in [0.4, 0.5) is 0 Å². The molecule has 3 heterocycles. The molecule has 4 aromatic rings. The number of fused-ring (bicyclic) bond motifs is 1. The topological polar surface area (TPSA) is 106 Å². The molecule has 2 unspecified atom stereocenters. The van der Waals surface area contributed by atoms with Gasteiger partial charge in [-0.25, -0.2) is 13.2 Å². The predicted molar refractivity (Wildman–Crippen MR) is 161 cm³/mol. The largest absolute Gasteiger partial charge is 0.497 e. The third kappa shape index (κ3) is 5.11. The SMILES string of the molecule is COc1ccc(S(=O)(=O)n2c(=O)n(C(C(=O)N3CCC(N4CCNCC4)C3)c3ccccc3)c3cc(Cl)ccc32)cc1. The molecule has 12 heteroatoms. The van der Waals surface area contributed by atoms with Crippen molar-refractivity contribution < 1.29 is 17.9 Å². The van der Waals surface area contributed by atoms with Gasteiger partial charge in [0.15, 0.2) is 0 Å². The second kappa shape index (κ2) is 11.6. The molecule has 0 bridgehead atoms. The minimum atomic E-state index is -4.35. The lowest BCUT2D eigenvalue weighted by atomic mass is 10.0. The first-order valence-corrected chi connectivity index (χ1v) is 15.7. The number of aromatic nitrogens is 2. The number of halogens is 1. The maximum atomic E-state index is 14.4. The number of piperazine rings is 1. The zero-order chi connectivity index (χ0) is 29.4. The average Bonchev–Trinajstić information content (AvgIpc) is 3.62. The van der Waals surface area contributed by atoms with E-state index in [-0.39, 0.29) is 27.9 Å². The molecule has 0 radical (unpaired) electrons. The van der Waals surface area contributed by atoms with Crippen LogP contribution in [0.5, 0.6) is 5.75 Å². The minimum absolute atomic E-state index is 0.0830. The summed E-state index contributed by atoms with van der Waals surface area (Å²) in [5.74, 6) is 0.219. The number of benzene rings is 3. The molecule has 2 saturated heterocycles. The lowest BCUT2D eigenvalue weighted by molar-refractivity contribution is -0.132. The molecule has 1 aromatic heterocycles. The Morgan fingerprint density at radius 3 is 2.38 bits per heavy atom. The molecule has 3 aromatic carbocycles. The number of hydrogen-bond donors (Lipinski definition) is 1. The number of nitrogens with zero attached hydrogens (tertiary/aromatic N) is 4. The Balaban J connectivity index is 1.48. The lowest BCUT2D eigenvalue weighted by Gasteiger charge is -2.33. The Kier molecular flexibility index (Phi) is 7.84. The van der Waals surface area contributed by atoms with Crippen molar-refractivity contribution in [2.24, 2.45) is 0 Å². The molecule has 2 atom stereocenters. The van der Waals surface area contributed by atoms with Crippen LogP contribution in [0.1, 0.15) is 18.0 Å². The van der Waals surface area contributed by atoms with Gasteiger partial charge in [0.2, 0.25) is 0 Å². The normalized spacial score (nSPS) is 18.8. The van der Waals surface area contributed by atoms with Crippen LogP contribution in [0.25, 0.3) is 11.0 Å². The van der Waals surface area contributed by atoms with Gasteiger partial charge < -0.3 is 15.0 Å². The van der Waals surface area contributed by atoms with Crippen molar-refractivity contribution in [3.8, 4) is 5.75 Å². The lowest BCUT2D eigenvalue weighted by Crippen LogP contribution is -2.49. The van der Waals surface area contributed by atoms with Crippen molar-refractivity contribution >= 4 is 38.6 Å². The van der Waals surface area contributed by atoms with Gasteiger partial charge in [0.25, 0.3) is 15.9 Å². The monoisotopic (exact) mass is 609 g/mol. The average molecular weight is 610 g/mol. The van der Waals surface area contributed by atoms with Crippen LogP contribution in [0.3, 0.4) is 0 Å². The van der Waals surface area contributed by atoms with Gasteiger partial charge in [0.1, 0.15) is 11.8 Å². The summed E-state index contributed by atoms with van der Waals surface area (Å²) < 4.78 is 35.1. The molecular weight excluding hydrogens is 578 g/mol. The number of carbonyl (C=O) groups is 1. The molecule has 2 fully saturated rings. The number of carbonyl (C=O) groups excluding carboxylic acids is 1. The second-order valence-corrected chi connectivity index (χ2v) is 12.8. The van der Waals surface area contributed by atoms with Gasteiger partial charge in [-0.15, -0.1) is 0 Å². The van der Waals surface area contributed by atoms with Gasteiger partial charge in [-0.1, -0.05) is 41.9 Å². The maximum Gasteiger partial charge on any atom is 0.344 e. The van der Waals surface area contributed by atoms with Crippen molar-refractivity contribution in [1.82, 2.24) is 23.7 Å². The summed E-state index contributed by atoms with van der Waals surface area (Å²) in [6, 6.07) is 18.5. The van der Waals surface area contributed by atoms with Crippen LogP contribution >= 0.6 is 11.6 Å². The number of methoxy groups -OCH3 is 1. The van der Waals surface area contributed by atoms with Crippen molar-refractivity contribution in [3.63, 3.8) is 0 Å². The summed E-state index contributed by atoms with van der Waals surface area (Å²) in [6.07, 6.45) is 0.835. The molecule has 0 spiro atoms. The highest BCUT2D eigenvalue weighted by Crippen LogP contribution is 2.30. The number of ether oxygens (including phenoxy) is 1. The van der Waals surface area contributed by atoms with Gasteiger partial charge in [0.05, 0.1) is 23.0 Å². The highest BCUT2D eigenvalue weighted by Gasteiger charge is 2.38. The van der Waals surface area contributed by atoms with Gasteiger partial charge in [-0.3, -0.25) is 14.3 Å².